The van der Waals surface area contributed by atoms with Gasteiger partial charge in [0.15, 0.2) is 6.61 Å². The first kappa shape index (κ1) is 15.9. The minimum atomic E-state index is -4.27. The fourth-order valence-corrected chi connectivity index (χ4v) is 1.24. The van der Waals surface area contributed by atoms with Crippen molar-refractivity contribution in [2.75, 3.05) is 13.7 Å². The molecule has 0 spiro atoms. The summed E-state index contributed by atoms with van der Waals surface area (Å²) in [6.45, 7) is -1.24. The molecule has 0 aromatic heterocycles. The zero-order chi connectivity index (χ0) is 14.8. The number of benzene rings is 2. The SMILES string of the molecule is COc1ccccc1.FC(F)(F)COc1ccccc1. The fourth-order valence-electron chi connectivity index (χ4n) is 1.24. The molecule has 20 heavy (non-hydrogen) atoms. The zero-order valence-electron chi connectivity index (χ0n) is 10.9. The molecule has 2 aromatic rings. The van der Waals surface area contributed by atoms with Crippen LogP contribution in [0.3, 0.4) is 0 Å². The third kappa shape index (κ3) is 7.31. The molecule has 0 radical (unpaired) electrons. The molecule has 0 atom stereocenters. The molecule has 0 unspecified atom stereocenters. The second-order valence-corrected chi connectivity index (χ2v) is 3.73. The lowest BCUT2D eigenvalue weighted by Crippen LogP contribution is -2.19. The summed E-state index contributed by atoms with van der Waals surface area (Å²) < 4.78 is 44.2. The van der Waals surface area contributed by atoms with Crippen LogP contribution in [-0.4, -0.2) is 19.9 Å². The number of hydrogen-bond donors (Lipinski definition) is 0. The van der Waals surface area contributed by atoms with E-state index in [1.807, 2.05) is 30.3 Å². The lowest BCUT2D eigenvalue weighted by atomic mass is 10.3. The first-order valence-electron chi connectivity index (χ1n) is 5.85. The van der Waals surface area contributed by atoms with Crippen molar-refractivity contribution >= 4 is 0 Å². The van der Waals surface area contributed by atoms with Crippen LogP contribution < -0.4 is 9.47 Å². The molecule has 0 aliphatic heterocycles. The van der Waals surface area contributed by atoms with Crippen LogP contribution in [0.1, 0.15) is 0 Å². The second-order valence-electron chi connectivity index (χ2n) is 3.73. The maximum atomic E-state index is 11.6. The van der Waals surface area contributed by atoms with E-state index >= 15 is 0 Å². The first-order valence-corrected chi connectivity index (χ1v) is 5.85. The number of para-hydroxylation sites is 2. The summed E-state index contributed by atoms with van der Waals surface area (Å²) in [4.78, 5) is 0. The quantitative estimate of drug-likeness (QED) is 0.835. The Morgan fingerprint density at radius 1 is 0.800 bits per heavy atom. The number of ether oxygens (including phenoxy) is 2. The summed E-state index contributed by atoms with van der Waals surface area (Å²) in [6, 6.07) is 17.6. The third-order valence-electron chi connectivity index (χ3n) is 2.12. The van der Waals surface area contributed by atoms with Gasteiger partial charge in [0.05, 0.1) is 7.11 Å². The molecule has 5 heteroatoms. The first-order chi connectivity index (χ1) is 9.51. The maximum absolute atomic E-state index is 11.6. The molecular weight excluding hydrogens is 269 g/mol. The largest absolute Gasteiger partial charge is 0.497 e. The molecule has 2 aromatic carbocycles. The molecule has 0 aliphatic rings. The fraction of sp³-hybridized carbons (Fsp3) is 0.200. The van der Waals surface area contributed by atoms with Gasteiger partial charge in [-0.15, -0.1) is 0 Å². The van der Waals surface area contributed by atoms with E-state index in [1.165, 1.54) is 12.1 Å². The van der Waals surface area contributed by atoms with Crippen molar-refractivity contribution in [1.82, 2.24) is 0 Å². The highest BCUT2D eigenvalue weighted by Crippen LogP contribution is 2.17. The Morgan fingerprint density at radius 3 is 1.60 bits per heavy atom. The van der Waals surface area contributed by atoms with Crippen molar-refractivity contribution in [1.29, 1.82) is 0 Å². The molecular formula is C15H15F3O2. The lowest BCUT2D eigenvalue weighted by molar-refractivity contribution is -0.153. The van der Waals surface area contributed by atoms with Crippen LogP contribution in [0.5, 0.6) is 11.5 Å². The average molecular weight is 284 g/mol. The van der Waals surface area contributed by atoms with Crippen LogP contribution >= 0.6 is 0 Å². The summed E-state index contributed by atoms with van der Waals surface area (Å²) in [5, 5.41) is 0. The molecule has 0 amide bonds. The number of methoxy groups -OCH3 is 1. The topological polar surface area (TPSA) is 18.5 Å². The van der Waals surface area contributed by atoms with Gasteiger partial charge in [0.25, 0.3) is 0 Å². The van der Waals surface area contributed by atoms with Crippen molar-refractivity contribution in [3.8, 4) is 11.5 Å². The molecule has 0 heterocycles. The van der Waals surface area contributed by atoms with Crippen molar-refractivity contribution in [2.24, 2.45) is 0 Å². The molecule has 0 saturated carbocycles. The molecule has 0 aliphatic carbocycles. The molecule has 108 valence electrons. The Morgan fingerprint density at radius 2 is 1.25 bits per heavy atom. The highest BCUT2D eigenvalue weighted by atomic mass is 19.4. The predicted octanol–water partition coefficient (Wildman–Crippen LogP) is 4.32. The Balaban J connectivity index is 0.000000217. The molecule has 0 bridgehead atoms. The Kier molecular flexibility index (Phi) is 6.43. The average Bonchev–Trinajstić information content (AvgIpc) is 2.47. The van der Waals surface area contributed by atoms with Crippen molar-refractivity contribution in [3.63, 3.8) is 0 Å². The van der Waals surface area contributed by atoms with Crippen molar-refractivity contribution in [3.05, 3.63) is 60.7 Å². The Hall–Kier alpha value is -2.17. The van der Waals surface area contributed by atoms with Crippen LogP contribution in [0.4, 0.5) is 13.2 Å². The summed E-state index contributed by atoms with van der Waals surface area (Å²) >= 11 is 0. The minimum Gasteiger partial charge on any atom is -0.497 e. The second kappa shape index (κ2) is 8.09. The summed E-state index contributed by atoms with van der Waals surface area (Å²) in [6.07, 6.45) is -4.27. The number of alkyl halides is 3. The van der Waals surface area contributed by atoms with Crippen LogP contribution in [0, 0.1) is 0 Å². The van der Waals surface area contributed by atoms with E-state index in [2.05, 4.69) is 4.74 Å². The predicted molar refractivity (Wildman–Crippen MR) is 71.0 cm³/mol. The van der Waals surface area contributed by atoms with Gasteiger partial charge in [0, 0.05) is 0 Å². The Bertz CT molecular complexity index is 469. The van der Waals surface area contributed by atoms with E-state index in [0.717, 1.165) is 5.75 Å². The van der Waals surface area contributed by atoms with Crippen LogP contribution in [0.25, 0.3) is 0 Å². The molecule has 0 N–H and O–H groups in total. The standard InChI is InChI=1S/C8H7F3O.C7H8O/c9-8(10,11)6-12-7-4-2-1-3-5-7;1-8-7-5-3-2-4-6-7/h1-5H,6H2;2-6H,1H3. The van der Waals surface area contributed by atoms with E-state index in [-0.39, 0.29) is 5.75 Å². The maximum Gasteiger partial charge on any atom is 0.422 e. The molecule has 2 rings (SSSR count). The van der Waals surface area contributed by atoms with E-state index in [1.54, 1.807) is 25.3 Å². The van der Waals surface area contributed by atoms with Crippen LogP contribution in [0.2, 0.25) is 0 Å². The number of halogens is 3. The van der Waals surface area contributed by atoms with E-state index in [4.69, 9.17) is 4.74 Å². The molecule has 0 fully saturated rings. The van der Waals surface area contributed by atoms with Crippen molar-refractivity contribution in [2.45, 2.75) is 6.18 Å². The van der Waals surface area contributed by atoms with Gasteiger partial charge in [-0.2, -0.15) is 13.2 Å². The lowest BCUT2D eigenvalue weighted by Gasteiger charge is -2.07. The summed E-state index contributed by atoms with van der Waals surface area (Å²) in [5.74, 6) is 1.14. The van der Waals surface area contributed by atoms with Gasteiger partial charge in [0.2, 0.25) is 0 Å². The monoisotopic (exact) mass is 284 g/mol. The normalized spacial score (nSPS) is 10.2. The van der Waals surface area contributed by atoms with Crippen LogP contribution in [0.15, 0.2) is 60.7 Å². The zero-order valence-corrected chi connectivity index (χ0v) is 10.9. The molecule has 0 saturated heterocycles. The number of rotatable bonds is 3. The van der Waals surface area contributed by atoms with Crippen molar-refractivity contribution < 1.29 is 22.6 Å². The third-order valence-corrected chi connectivity index (χ3v) is 2.12. The van der Waals surface area contributed by atoms with Gasteiger partial charge in [0.1, 0.15) is 11.5 Å². The summed E-state index contributed by atoms with van der Waals surface area (Å²) in [7, 11) is 1.66. The summed E-state index contributed by atoms with van der Waals surface area (Å²) in [5.41, 5.74) is 0. The molecule has 2 nitrogen and oxygen atoms in total. The van der Waals surface area contributed by atoms with Gasteiger partial charge < -0.3 is 9.47 Å². The smallest absolute Gasteiger partial charge is 0.422 e. The van der Waals surface area contributed by atoms with Crippen LogP contribution in [-0.2, 0) is 0 Å². The van der Waals surface area contributed by atoms with E-state index < -0.39 is 12.8 Å². The van der Waals surface area contributed by atoms with E-state index in [0.29, 0.717) is 0 Å². The minimum absolute atomic E-state index is 0.231. The Labute approximate surface area is 115 Å². The van der Waals surface area contributed by atoms with Gasteiger partial charge >= 0.3 is 6.18 Å². The highest BCUT2D eigenvalue weighted by Gasteiger charge is 2.28. The van der Waals surface area contributed by atoms with E-state index in [9.17, 15) is 13.2 Å². The number of hydrogen-bond acceptors (Lipinski definition) is 2. The highest BCUT2D eigenvalue weighted by molar-refractivity contribution is 5.21. The van der Waals surface area contributed by atoms with Gasteiger partial charge in [-0.05, 0) is 24.3 Å². The van der Waals surface area contributed by atoms with Gasteiger partial charge in [-0.3, -0.25) is 0 Å². The van der Waals surface area contributed by atoms with Gasteiger partial charge in [-0.25, -0.2) is 0 Å². The van der Waals surface area contributed by atoms with Gasteiger partial charge in [-0.1, -0.05) is 36.4 Å².